The second kappa shape index (κ2) is 43.0. The molecular weight excluding hydrogens is 685 g/mol. The van der Waals surface area contributed by atoms with E-state index in [1.807, 2.05) is 0 Å². The van der Waals surface area contributed by atoms with Gasteiger partial charge in [-0.3, -0.25) is 9.59 Å². The highest BCUT2D eigenvalue weighted by Gasteiger charge is 2.19. The fraction of sp³-hybridized carbons (Fsp3) is 0.854. The fourth-order valence-corrected chi connectivity index (χ4v) is 7.19. The molecule has 2 unspecified atom stereocenters. The molecular formula is C48H90N2O5. The van der Waals surface area contributed by atoms with Crippen molar-refractivity contribution in [2.75, 3.05) is 6.54 Å². The van der Waals surface area contributed by atoms with Gasteiger partial charge in [-0.2, -0.15) is 0 Å². The molecule has 0 spiro atoms. The zero-order valence-electron chi connectivity index (χ0n) is 36.3. The van der Waals surface area contributed by atoms with Crippen LogP contribution in [0.2, 0.25) is 0 Å². The summed E-state index contributed by atoms with van der Waals surface area (Å²) >= 11 is 0. The van der Waals surface area contributed by atoms with Gasteiger partial charge in [0.05, 0.1) is 0 Å². The van der Waals surface area contributed by atoms with Crippen LogP contribution in [-0.4, -0.2) is 41.6 Å². The Hall–Kier alpha value is -2.15. The summed E-state index contributed by atoms with van der Waals surface area (Å²) in [7, 11) is 0. The number of carboxylic acids is 1. The quantitative estimate of drug-likeness (QED) is 0.0322. The number of esters is 1. The smallest absolute Gasteiger partial charge is 0.326 e. The number of carbonyl (C=O) groups excluding carboxylic acids is 2. The lowest BCUT2D eigenvalue weighted by Crippen LogP contribution is -2.40. The monoisotopic (exact) mass is 775 g/mol. The molecule has 0 heterocycles. The minimum absolute atomic E-state index is 0.0158. The van der Waals surface area contributed by atoms with Gasteiger partial charge in [0, 0.05) is 12.8 Å². The minimum Gasteiger partial charge on any atom is -0.480 e. The molecule has 0 radical (unpaired) electrons. The summed E-state index contributed by atoms with van der Waals surface area (Å²) in [6, 6.07) is -0.854. The van der Waals surface area contributed by atoms with Crippen molar-refractivity contribution < 1.29 is 24.2 Å². The number of nitrogens with two attached hydrogens (primary N) is 1. The highest BCUT2D eigenvalue weighted by atomic mass is 16.5. The van der Waals surface area contributed by atoms with Gasteiger partial charge in [0.2, 0.25) is 5.91 Å². The molecule has 322 valence electrons. The van der Waals surface area contributed by atoms with Crippen LogP contribution in [-0.2, 0) is 19.1 Å². The largest absolute Gasteiger partial charge is 0.480 e. The van der Waals surface area contributed by atoms with Crippen LogP contribution >= 0.6 is 0 Å². The summed E-state index contributed by atoms with van der Waals surface area (Å²) in [4.78, 5) is 36.4. The average Bonchev–Trinajstić information content (AvgIpc) is 3.17. The third kappa shape index (κ3) is 39.9. The lowest BCUT2D eigenvalue weighted by atomic mass is 10.0. The van der Waals surface area contributed by atoms with E-state index in [1.54, 1.807) is 0 Å². The Morgan fingerprint density at radius 2 is 0.945 bits per heavy atom. The lowest BCUT2D eigenvalue weighted by molar-refractivity contribution is -0.150. The molecule has 1 amide bonds. The Morgan fingerprint density at radius 3 is 1.40 bits per heavy atom. The number of amides is 1. The molecule has 0 saturated heterocycles. The van der Waals surface area contributed by atoms with E-state index in [0.29, 0.717) is 32.2 Å². The fourth-order valence-electron chi connectivity index (χ4n) is 7.19. The molecule has 0 aliphatic carbocycles. The number of hydrogen-bond donors (Lipinski definition) is 3. The van der Waals surface area contributed by atoms with Crippen molar-refractivity contribution in [2.24, 2.45) is 5.73 Å². The van der Waals surface area contributed by atoms with Crippen molar-refractivity contribution in [3.63, 3.8) is 0 Å². The van der Waals surface area contributed by atoms with Gasteiger partial charge in [-0.25, -0.2) is 4.79 Å². The molecule has 2 atom stereocenters. The Morgan fingerprint density at radius 1 is 0.527 bits per heavy atom. The van der Waals surface area contributed by atoms with Crippen LogP contribution in [0.3, 0.4) is 0 Å². The van der Waals surface area contributed by atoms with Gasteiger partial charge in [-0.15, -0.1) is 0 Å². The standard InChI is InChI=1S/C48H90N2O5/c1-3-5-7-9-11-13-14-15-16-17-18-19-20-21-22-23-24-25-27-32-36-42-47(52)55-44(38-33-29-26-12-10-8-6-4-2)39-34-30-28-31-35-41-46(51)50-45(48(53)54)40-37-43-49/h14-15,17-18,44-45H,3-13,16,19-43,49H2,1-2H3,(H,50,51)(H,53,54)/b15-14-,18-17-. The Kier molecular flexibility index (Phi) is 41.3. The first-order chi connectivity index (χ1) is 26.9. The van der Waals surface area contributed by atoms with Crippen LogP contribution in [0, 0.1) is 0 Å². The van der Waals surface area contributed by atoms with Gasteiger partial charge in [-0.1, -0.05) is 173 Å². The summed E-state index contributed by atoms with van der Waals surface area (Å²) < 4.78 is 6.04. The van der Waals surface area contributed by atoms with Gasteiger partial charge in [-0.05, 0) is 90.0 Å². The maximum atomic E-state index is 12.8. The van der Waals surface area contributed by atoms with Crippen molar-refractivity contribution in [3.05, 3.63) is 24.3 Å². The molecule has 0 aliphatic heterocycles. The number of hydrogen-bond acceptors (Lipinski definition) is 5. The molecule has 0 saturated carbocycles. The number of carbonyl (C=O) groups is 3. The van der Waals surface area contributed by atoms with E-state index >= 15 is 0 Å². The lowest BCUT2D eigenvalue weighted by Gasteiger charge is -2.18. The van der Waals surface area contributed by atoms with Gasteiger partial charge in [0.1, 0.15) is 12.1 Å². The van der Waals surface area contributed by atoms with E-state index in [-0.39, 0.29) is 18.0 Å². The molecule has 0 bridgehead atoms. The predicted octanol–water partition coefficient (Wildman–Crippen LogP) is 13.6. The maximum Gasteiger partial charge on any atom is 0.326 e. The third-order valence-corrected chi connectivity index (χ3v) is 10.8. The molecule has 55 heavy (non-hydrogen) atoms. The second-order valence-electron chi connectivity index (χ2n) is 16.2. The SMILES string of the molecule is CCCCCCC/C=C\C/C=C\CCCCCCCCCCCC(=O)OC(CCCCCCCCCC)CCCCCCCC(=O)NC(CCCN)C(=O)O. The molecule has 0 aromatic carbocycles. The zero-order valence-corrected chi connectivity index (χ0v) is 36.3. The topological polar surface area (TPSA) is 119 Å². The molecule has 0 aromatic heterocycles. The molecule has 0 aromatic rings. The number of allylic oxidation sites excluding steroid dienone is 4. The summed E-state index contributed by atoms with van der Waals surface area (Å²) in [5.41, 5.74) is 5.49. The number of nitrogens with one attached hydrogen (secondary N) is 1. The van der Waals surface area contributed by atoms with Crippen LogP contribution in [0.4, 0.5) is 0 Å². The predicted molar refractivity (Wildman–Crippen MR) is 234 cm³/mol. The zero-order chi connectivity index (χ0) is 40.3. The van der Waals surface area contributed by atoms with E-state index in [1.165, 1.54) is 135 Å². The van der Waals surface area contributed by atoms with Crippen LogP contribution in [0.25, 0.3) is 0 Å². The molecule has 0 fully saturated rings. The number of ether oxygens (including phenoxy) is 1. The van der Waals surface area contributed by atoms with Crippen molar-refractivity contribution in [3.8, 4) is 0 Å². The number of aliphatic carboxylic acids is 1. The van der Waals surface area contributed by atoms with Crippen molar-refractivity contribution >= 4 is 17.8 Å². The highest BCUT2D eigenvalue weighted by Crippen LogP contribution is 2.19. The maximum absolute atomic E-state index is 12.8. The van der Waals surface area contributed by atoms with Crippen LogP contribution in [0.15, 0.2) is 24.3 Å². The number of unbranched alkanes of at least 4 members (excludes halogenated alkanes) is 25. The highest BCUT2D eigenvalue weighted by molar-refractivity contribution is 5.83. The molecule has 4 N–H and O–H groups in total. The molecule has 7 heteroatoms. The normalized spacial score (nSPS) is 12.8. The summed E-state index contributed by atoms with van der Waals surface area (Å²) in [5.74, 6) is -1.23. The molecule has 0 rings (SSSR count). The van der Waals surface area contributed by atoms with Crippen LogP contribution in [0.1, 0.15) is 245 Å². The van der Waals surface area contributed by atoms with E-state index < -0.39 is 12.0 Å². The summed E-state index contributed by atoms with van der Waals surface area (Å²) in [5, 5.41) is 11.9. The first-order valence-corrected chi connectivity index (χ1v) is 23.7. The van der Waals surface area contributed by atoms with E-state index in [9.17, 15) is 19.5 Å². The molecule has 0 aliphatic rings. The van der Waals surface area contributed by atoms with Gasteiger partial charge >= 0.3 is 11.9 Å². The van der Waals surface area contributed by atoms with Crippen molar-refractivity contribution in [1.29, 1.82) is 0 Å². The Balaban J connectivity index is 4.11. The Bertz CT molecular complexity index is 920. The summed E-state index contributed by atoms with van der Waals surface area (Å²) in [6.45, 7) is 4.94. The van der Waals surface area contributed by atoms with Gasteiger partial charge in [0.25, 0.3) is 0 Å². The summed E-state index contributed by atoms with van der Waals surface area (Å²) in [6.07, 6.45) is 49.5. The number of rotatable bonds is 43. The first-order valence-electron chi connectivity index (χ1n) is 23.7. The van der Waals surface area contributed by atoms with Gasteiger partial charge in [0.15, 0.2) is 0 Å². The third-order valence-electron chi connectivity index (χ3n) is 10.8. The van der Waals surface area contributed by atoms with E-state index in [4.69, 9.17) is 10.5 Å². The average molecular weight is 775 g/mol. The van der Waals surface area contributed by atoms with Crippen molar-refractivity contribution in [2.45, 2.75) is 257 Å². The van der Waals surface area contributed by atoms with Crippen molar-refractivity contribution in [1.82, 2.24) is 5.32 Å². The number of carboxylic acid groups (broad SMARTS) is 1. The van der Waals surface area contributed by atoms with E-state index in [2.05, 4.69) is 43.5 Å². The van der Waals surface area contributed by atoms with Gasteiger partial charge < -0.3 is 20.9 Å². The Labute approximate surface area is 340 Å². The molecule has 7 nitrogen and oxygen atoms in total. The van der Waals surface area contributed by atoms with E-state index in [0.717, 1.165) is 70.6 Å². The van der Waals surface area contributed by atoms with Crippen LogP contribution < -0.4 is 11.1 Å². The first kappa shape index (κ1) is 52.9. The second-order valence-corrected chi connectivity index (χ2v) is 16.2. The minimum atomic E-state index is -1.00. The van der Waals surface area contributed by atoms with Crippen LogP contribution in [0.5, 0.6) is 0 Å².